The van der Waals surface area contributed by atoms with Crippen LogP contribution in [0.3, 0.4) is 0 Å². The van der Waals surface area contributed by atoms with Crippen molar-refractivity contribution in [2.45, 2.75) is 46.8 Å². The van der Waals surface area contributed by atoms with E-state index in [1.54, 1.807) is 26.1 Å². The van der Waals surface area contributed by atoms with Crippen molar-refractivity contribution >= 4 is 0 Å². The summed E-state index contributed by atoms with van der Waals surface area (Å²) in [6.07, 6.45) is 1.75. The molecule has 86 valence electrons. The van der Waals surface area contributed by atoms with Crippen LogP contribution < -0.4 is 5.56 Å². The molecule has 0 bridgehead atoms. The van der Waals surface area contributed by atoms with Gasteiger partial charge in [0.15, 0.2) is 0 Å². The highest BCUT2D eigenvalue weighted by Gasteiger charge is 2.13. The largest absolute Gasteiger partial charge is 0.389 e. The van der Waals surface area contributed by atoms with Gasteiger partial charge in [-0.1, -0.05) is 19.9 Å². The maximum absolute atomic E-state index is 11.3. The molecule has 1 heterocycles. The molecule has 3 heteroatoms. The standard InChI is InChI=1S/C10H15NO2.C2H6/c1-8-4-5-9(12)11(6-8)7-10(2,3)13;1-2/h4-6,13H,7H2,1-3H3;1-2H3. The Balaban J connectivity index is 0.000000921. The summed E-state index contributed by atoms with van der Waals surface area (Å²) in [5.74, 6) is 0. The van der Waals surface area contributed by atoms with Crippen LogP contribution in [0, 0.1) is 6.92 Å². The molecule has 0 radical (unpaired) electrons. The van der Waals surface area contributed by atoms with Gasteiger partial charge in [0.05, 0.1) is 12.1 Å². The Bertz CT molecular complexity index is 347. The first-order valence-corrected chi connectivity index (χ1v) is 5.28. The van der Waals surface area contributed by atoms with Crippen LogP contribution in [0.5, 0.6) is 0 Å². The molecule has 0 unspecified atom stereocenters. The normalized spacial score (nSPS) is 10.5. The van der Waals surface area contributed by atoms with Crippen LogP contribution in [0.1, 0.15) is 33.3 Å². The summed E-state index contributed by atoms with van der Waals surface area (Å²) in [6.45, 7) is 9.61. The Labute approximate surface area is 91.4 Å². The molecule has 0 aliphatic heterocycles. The zero-order valence-corrected chi connectivity index (χ0v) is 10.2. The SMILES string of the molecule is CC.Cc1ccc(=O)n(CC(C)(C)O)c1. The molecule has 3 nitrogen and oxygen atoms in total. The first-order chi connectivity index (χ1) is 6.88. The maximum Gasteiger partial charge on any atom is 0.250 e. The molecule has 0 spiro atoms. The second-order valence-electron chi connectivity index (χ2n) is 3.99. The fraction of sp³-hybridized carbons (Fsp3) is 0.583. The number of pyridine rings is 1. The van der Waals surface area contributed by atoms with Crippen LogP contribution in [0.4, 0.5) is 0 Å². The number of nitrogens with zero attached hydrogens (tertiary/aromatic N) is 1. The minimum Gasteiger partial charge on any atom is -0.389 e. The van der Waals surface area contributed by atoms with E-state index in [2.05, 4.69) is 0 Å². The number of aromatic nitrogens is 1. The van der Waals surface area contributed by atoms with Gasteiger partial charge < -0.3 is 9.67 Å². The molecule has 0 fully saturated rings. The molecule has 1 N–H and O–H groups in total. The van der Waals surface area contributed by atoms with Crippen LogP contribution in [-0.2, 0) is 6.54 Å². The topological polar surface area (TPSA) is 42.2 Å². The molecule has 0 aliphatic carbocycles. The van der Waals surface area contributed by atoms with Gasteiger partial charge in [0.2, 0.25) is 0 Å². The molecule has 0 aliphatic rings. The number of aliphatic hydroxyl groups is 1. The summed E-state index contributed by atoms with van der Waals surface area (Å²) in [5, 5.41) is 9.53. The highest BCUT2D eigenvalue weighted by molar-refractivity contribution is 5.07. The van der Waals surface area contributed by atoms with E-state index in [-0.39, 0.29) is 5.56 Å². The second kappa shape index (κ2) is 5.71. The predicted octanol–water partition coefficient (Wildman–Crippen LogP) is 1.95. The summed E-state index contributed by atoms with van der Waals surface area (Å²) >= 11 is 0. The Morgan fingerprint density at radius 3 is 2.33 bits per heavy atom. The van der Waals surface area contributed by atoms with Crippen molar-refractivity contribution in [3.05, 3.63) is 34.2 Å². The van der Waals surface area contributed by atoms with Crippen molar-refractivity contribution in [1.29, 1.82) is 0 Å². The van der Waals surface area contributed by atoms with E-state index in [9.17, 15) is 9.90 Å². The van der Waals surface area contributed by atoms with Crippen molar-refractivity contribution in [1.82, 2.24) is 4.57 Å². The summed E-state index contributed by atoms with van der Waals surface area (Å²) in [7, 11) is 0. The van der Waals surface area contributed by atoms with E-state index in [1.165, 1.54) is 10.6 Å². The molecule has 1 aromatic heterocycles. The van der Waals surface area contributed by atoms with E-state index in [0.717, 1.165) is 5.56 Å². The minimum absolute atomic E-state index is 0.0762. The number of hydrogen-bond acceptors (Lipinski definition) is 2. The predicted molar refractivity (Wildman–Crippen MR) is 63.1 cm³/mol. The van der Waals surface area contributed by atoms with Crippen molar-refractivity contribution in [3.8, 4) is 0 Å². The van der Waals surface area contributed by atoms with Crippen molar-refractivity contribution in [2.75, 3.05) is 0 Å². The fourth-order valence-corrected chi connectivity index (χ4v) is 1.19. The van der Waals surface area contributed by atoms with Crippen LogP contribution in [0.15, 0.2) is 23.1 Å². The highest BCUT2D eigenvalue weighted by Crippen LogP contribution is 2.04. The van der Waals surface area contributed by atoms with Gasteiger partial charge in [-0.15, -0.1) is 0 Å². The van der Waals surface area contributed by atoms with Gasteiger partial charge >= 0.3 is 0 Å². The number of aryl methyl sites for hydroxylation is 1. The van der Waals surface area contributed by atoms with Crippen molar-refractivity contribution < 1.29 is 5.11 Å². The molecule has 15 heavy (non-hydrogen) atoms. The Hall–Kier alpha value is -1.09. The summed E-state index contributed by atoms with van der Waals surface area (Å²) in [6, 6.07) is 3.28. The molecule has 0 saturated carbocycles. The van der Waals surface area contributed by atoms with E-state index >= 15 is 0 Å². The van der Waals surface area contributed by atoms with Crippen LogP contribution in [0.25, 0.3) is 0 Å². The molecule has 0 aromatic carbocycles. The summed E-state index contributed by atoms with van der Waals surface area (Å²) in [4.78, 5) is 11.3. The lowest BCUT2D eigenvalue weighted by Gasteiger charge is -2.18. The molecule has 1 aromatic rings. The average molecular weight is 211 g/mol. The van der Waals surface area contributed by atoms with E-state index in [0.29, 0.717) is 6.54 Å². The third-order valence-electron chi connectivity index (χ3n) is 1.69. The molecular formula is C12H21NO2. The molecule has 1 rings (SSSR count). The van der Waals surface area contributed by atoms with Crippen LogP contribution >= 0.6 is 0 Å². The Kier molecular flexibility index (Phi) is 5.29. The third kappa shape index (κ3) is 5.37. The Morgan fingerprint density at radius 2 is 1.87 bits per heavy atom. The first-order valence-electron chi connectivity index (χ1n) is 5.28. The van der Waals surface area contributed by atoms with Crippen LogP contribution in [0.2, 0.25) is 0 Å². The van der Waals surface area contributed by atoms with Gasteiger partial charge in [-0.05, 0) is 26.3 Å². The smallest absolute Gasteiger partial charge is 0.250 e. The average Bonchev–Trinajstić information content (AvgIpc) is 2.12. The maximum atomic E-state index is 11.3. The lowest BCUT2D eigenvalue weighted by atomic mass is 10.1. The third-order valence-corrected chi connectivity index (χ3v) is 1.69. The lowest BCUT2D eigenvalue weighted by molar-refractivity contribution is 0.0604. The van der Waals surface area contributed by atoms with Gasteiger partial charge in [-0.2, -0.15) is 0 Å². The summed E-state index contributed by atoms with van der Waals surface area (Å²) < 4.78 is 1.52. The summed E-state index contributed by atoms with van der Waals surface area (Å²) in [5.41, 5.74) is 0.0917. The minimum atomic E-state index is -0.850. The molecule has 0 amide bonds. The van der Waals surface area contributed by atoms with Gasteiger partial charge in [-0.3, -0.25) is 4.79 Å². The van der Waals surface area contributed by atoms with E-state index in [4.69, 9.17) is 0 Å². The lowest BCUT2D eigenvalue weighted by Crippen LogP contribution is -2.32. The zero-order chi connectivity index (χ0) is 12.1. The number of rotatable bonds is 2. The first kappa shape index (κ1) is 13.9. The quantitative estimate of drug-likeness (QED) is 0.812. The zero-order valence-electron chi connectivity index (χ0n) is 10.2. The molecular weight excluding hydrogens is 190 g/mol. The van der Waals surface area contributed by atoms with Crippen LogP contribution in [-0.4, -0.2) is 15.3 Å². The van der Waals surface area contributed by atoms with E-state index in [1.807, 2.05) is 20.8 Å². The monoisotopic (exact) mass is 211 g/mol. The van der Waals surface area contributed by atoms with Gasteiger partial charge in [0.25, 0.3) is 5.56 Å². The van der Waals surface area contributed by atoms with Gasteiger partial charge in [0, 0.05) is 12.3 Å². The van der Waals surface area contributed by atoms with E-state index < -0.39 is 5.60 Å². The number of hydrogen-bond donors (Lipinski definition) is 1. The molecule has 0 atom stereocenters. The second-order valence-corrected chi connectivity index (χ2v) is 3.99. The van der Waals surface area contributed by atoms with Crippen molar-refractivity contribution in [3.63, 3.8) is 0 Å². The van der Waals surface area contributed by atoms with Gasteiger partial charge in [-0.25, -0.2) is 0 Å². The fourth-order valence-electron chi connectivity index (χ4n) is 1.19. The van der Waals surface area contributed by atoms with Crippen molar-refractivity contribution in [2.24, 2.45) is 0 Å². The highest BCUT2D eigenvalue weighted by atomic mass is 16.3. The van der Waals surface area contributed by atoms with Gasteiger partial charge in [0.1, 0.15) is 0 Å². The Morgan fingerprint density at radius 1 is 1.33 bits per heavy atom. The molecule has 0 saturated heterocycles.